The number of carbonyl (C=O) groups excluding carboxylic acids is 2. The van der Waals surface area contributed by atoms with Gasteiger partial charge in [0.15, 0.2) is 0 Å². The van der Waals surface area contributed by atoms with E-state index in [2.05, 4.69) is 0 Å². The molecule has 0 unspecified atom stereocenters. The summed E-state index contributed by atoms with van der Waals surface area (Å²) < 4.78 is 12.7. The van der Waals surface area contributed by atoms with Gasteiger partial charge in [0, 0.05) is 52.4 Å². The number of hydrogen-bond donors (Lipinski definition) is 1. The van der Waals surface area contributed by atoms with Crippen LogP contribution in [0.15, 0.2) is 48.5 Å². The number of amides is 2. The number of anilines is 1. The quantitative estimate of drug-likeness (QED) is 0.552. The molecule has 0 radical (unpaired) electrons. The molecule has 4 atom stereocenters. The first-order chi connectivity index (χ1) is 19.1. The van der Waals surface area contributed by atoms with Crippen molar-refractivity contribution in [2.24, 2.45) is 5.92 Å². The molecular weight excluding hydrogens is 506 g/mol. The number of ether oxygens (including phenoxy) is 2. The Balaban J connectivity index is 1.88. The van der Waals surface area contributed by atoms with E-state index in [0.717, 1.165) is 30.5 Å². The van der Waals surface area contributed by atoms with E-state index in [4.69, 9.17) is 9.47 Å². The van der Waals surface area contributed by atoms with E-state index >= 15 is 0 Å². The molecule has 8 nitrogen and oxygen atoms in total. The molecule has 1 heterocycles. The molecule has 0 saturated carbocycles. The van der Waals surface area contributed by atoms with Gasteiger partial charge in [0.1, 0.15) is 5.75 Å². The smallest absolute Gasteiger partial charge is 0.258 e. The molecule has 1 N–H and O–H groups in total. The van der Waals surface area contributed by atoms with Gasteiger partial charge >= 0.3 is 0 Å². The van der Waals surface area contributed by atoms with Crippen molar-refractivity contribution >= 4 is 17.5 Å². The van der Waals surface area contributed by atoms with E-state index in [9.17, 15) is 14.7 Å². The fourth-order valence-corrected chi connectivity index (χ4v) is 4.93. The van der Waals surface area contributed by atoms with Gasteiger partial charge in [-0.25, -0.2) is 0 Å². The first-order valence-corrected chi connectivity index (χ1v) is 14.4. The maximum atomic E-state index is 14.1. The minimum atomic E-state index is -0.408. The van der Waals surface area contributed by atoms with Gasteiger partial charge in [-0.1, -0.05) is 37.3 Å². The first-order valence-electron chi connectivity index (χ1n) is 14.4. The lowest BCUT2D eigenvalue weighted by molar-refractivity contribution is -0.131. The lowest BCUT2D eigenvalue weighted by atomic mass is 10.0. The molecule has 1 aliphatic heterocycles. The molecule has 220 valence electrons. The molecule has 0 aliphatic carbocycles. The largest absolute Gasteiger partial charge is 0.490 e. The highest BCUT2D eigenvalue weighted by molar-refractivity contribution is 5.98. The highest BCUT2D eigenvalue weighted by atomic mass is 16.5. The molecule has 0 aromatic heterocycles. The maximum Gasteiger partial charge on any atom is 0.258 e. The van der Waals surface area contributed by atoms with E-state index < -0.39 is 6.04 Å². The van der Waals surface area contributed by atoms with Crippen molar-refractivity contribution in [3.63, 3.8) is 0 Å². The van der Waals surface area contributed by atoms with Gasteiger partial charge in [-0.2, -0.15) is 0 Å². The third-order valence-corrected chi connectivity index (χ3v) is 7.63. The molecule has 0 spiro atoms. The van der Waals surface area contributed by atoms with E-state index in [1.807, 2.05) is 95.3 Å². The normalized spacial score (nSPS) is 21.5. The summed E-state index contributed by atoms with van der Waals surface area (Å²) in [4.78, 5) is 32.5. The minimum Gasteiger partial charge on any atom is -0.490 e. The maximum absolute atomic E-state index is 14.1. The molecule has 0 bridgehead atoms. The summed E-state index contributed by atoms with van der Waals surface area (Å²) in [5, 5.41) is 10.1. The molecule has 2 aromatic carbocycles. The van der Waals surface area contributed by atoms with Crippen molar-refractivity contribution in [1.29, 1.82) is 0 Å². The molecule has 2 aromatic rings. The molecular formula is C32H47N3O5. The van der Waals surface area contributed by atoms with Crippen LogP contribution in [0.4, 0.5) is 5.69 Å². The number of carbonyl (C=O) groups is 2. The number of aliphatic hydroxyl groups excluding tert-OH is 1. The number of benzene rings is 2. The van der Waals surface area contributed by atoms with Gasteiger partial charge < -0.3 is 29.3 Å². The summed E-state index contributed by atoms with van der Waals surface area (Å²) in [7, 11) is 5.68. The summed E-state index contributed by atoms with van der Waals surface area (Å²) in [6.45, 7) is 7.10. The Bertz CT molecular complexity index is 1090. The van der Waals surface area contributed by atoms with Crippen molar-refractivity contribution in [2.75, 3.05) is 52.3 Å². The second-order valence-corrected chi connectivity index (χ2v) is 11.3. The summed E-state index contributed by atoms with van der Waals surface area (Å²) >= 11 is 0. The van der Waals surface area contributed by atoms with Crippen LogP contribution in [0.5, 0.6) is 5.75 Å². The Morgan fingerprint density at radius 1 is 1.10 bits per heavy atom. The molecule has 0 saturated heterocycles. The Morgan fingerprint density at radius 3 is 2.50 bits per heavy atom. The van der Waals surface area contributed by atoms with Crippen molar-refractivity contribution < 1.29 is 24.2 Å². The van der Waals surface area contributed by atoms with Crippen LogP contribution < -0.4 is 9.64 Å². The molecule has 3 rings (SSSR count). The fourth-order valence-electron chi connectivity index (χ4n) is 4.93. The third-order valence-electron chi connectivity index (χ3n) is 7.63. The number of nitrogens with zero attached hydrogens (tertiary/aromatic N) is 3. The van der Waals surface area contributed by atoms with Crippen LogP contribution in [0.1, 0.15) is 56.0 Å². The molecule has 40 heavy (non-hydrogen) atoms. The third kappa shape index (κ3) is 8.70. The zero-order chi connectivity index (χ0) is 29.2. The van der Waals surface area contributed by atoms with Gasteiger partial charge in [0.25, 0.3) is 5.91 Å². The monoisotopic (exact) mass is 553 g/mol. The number of rotatable bonds is 7. The zero-order valence-corrected chi connectivity index (χ0v) is 25.0. The average Bonchev–Trinajstić information content (AvgIpc) is 2.94. The second kappa shape index (κ2) is 15.1. The van der Waals surface area contributed by atoms with Crippen LogP contribution in [0.25, 0.3) is 0 Å². The van der Waals surface area contributed by atoms with Gasteiger partial charge in [-0.3, -0.25) is 9.59 Å². The van der Waals surface area contributed by atoms with Crippen molar-refractivity contribution in [3.8, 4) is 5.75 Å². The van der Waals surface area contributed by atoms with Gasteiger partial charge in [-0.05, 0) is 56.9 Å². The lowest BCUT2D eigenvalue weighted by Gasteiger charge is -2.36. The van der Waals surface area contributed by atoms with E-state index in [1.165, 1.54) is 0 Å². The number of fused-ring (bicyclic) bond motifs is 1. The van der Waals surface area contributed by atoms with Crippen LogP contribution in [-0.2, 0) is 16.0 Å². The van der Waals surface area contributed by atoms with Crippen molar-refractivity contribution in [3.05, 3.63) is 59.7 Å². The van der Waals surface area contributed by atoms with E-state index in [0.29, 0.717) is 37.4 Å². The number of likely N-dealkylation sites (N-methyl/N-ethyl adjacent to an activating group) is 1. The summed E-state index contributed by atoms with van der Waals surface area (Å²) in [5.74, 6) is 0.299. The summed E-state index contributed by atoms with van der Waals surface area (Å²) in [5.41, 5.74) is 2.35. The summed E-state index contributed by atoms with van der Waals surface area (Å²) in [6, 6.07) is 15.0. The van der Waals surface area contributed by atoms with Crippen LogP contribution in [0.2, 0.25) is 0 Å². The van der Waals surface area contributed by atoms with Crippen LogP contribution in [-0.4, -0.2) is 92.4 Å². The van der Waals surface area contributed by atoms with E-state index in [-0.39, 0.29) is 36.5 Å². The van der Waals surface area contributed by atoms with Gasteiger partial charge in [0.2, 0.25) is 5.91 Å². The topological polar surface area (TPSA) is 82.6 Å². The highest BCUT2D eigenvalue weighted by Crippen LogP contribution is 2.29. The number of hydrogen-bond acceptors (Lipinski definition) is 6. The highest BCUT2D eigenvalue weighted by Gasteiger charge is 2.31. The summed E-state index contributed by atoms with van der Waals surface area (Å²) in [6.07, 6.45) is 2.63. The van der Waals surface area contributed by atoms with Gasteiger partial charge in [0.05, 0.1) is 36.8 Å². The molecule has 2 amide bonds. The predicted molar refractivity (Wildman–Crippen MR) is 159 cm³/mol. The Kier molecular flexibility index (Phi) is 11.8. The average molecular weight is 554 g/mol. The number of aliphatic hydroxyl groups is 1. The lowest BCUT2D eigenvalue weighted by Crippen LogP contribution is -2.48. The van der Waals surface area contributed by atoms with Crippen LogP contribution in [0.3, 0.4) is 0 Å². The molecule has 8 heteroatoms. The fraction of sp³-hybridized carbons (Fsp3) is 0.562. The van der Waals surface area contributed by atoms with Crippen LogP contribution >= 0.6 is 0 Å². The van der Waals surface area contributed by atoms with Crippen molar-refractivity contribution in [2.45, 2.75) is 64.7 Å². The Labute approximate surface area is 239 Å². The first kappa shape index (κ1) is 31.4. The van der Waals surface area contributed by atoms with Crippen molar-refractivity contribution in [1.82, 2.24) is 9.80 Å². The van der Waals surface area contributed by atoms with Gasteiger partial charge in [-0.15, -0.1) is 0 Å². The molecule has 0 fully saturated rings. The standard InChI is InChI=1S/C32H47N3O5/c1-23-20-35(24(2)22-36)32(38)28-19-27(33(4)5)15-16-29(28)40-25(3)12-10-11-17-39-30(23)21-34(6)31(37)18-26-13-8-7-9-14-26/h7-9,13-16,19,23-25,30,36H,10-12,17-18,20-22H2,1-6H3/t23-,24-,25-,30-/m1/s1. The van der Waals surface area contributed by atoms with Crippen LogP contribution in [0, 0.1) is 5.92 Å². The minimum absolute atomic E-state index is 0.0224. The van der Waals surface area contributed by atoms with E-state index in [1.54, 1.807) is 9.80 Å². The second-order valence-electron chi connectivity index (χ2n) is 11.3. The SMILES string of the molecule is C[C@@H]1CCCCO[C@H](CN(C)C(=O)Cc2ccccc2)[C@H](C)CN([C@H](C)CO)C(=O)c2cc(N(C)C)ccc2O1. The Hall–Kier alpha value is -3.10. The zero-order valence-electron chi connectivity index (χ0n) is 25.0. The predicted octanol–water partition coefficient (Wildman–Crippen LogP) is 4.25. The molecule has 1 aliphatic rings. The Morgan fingerprint density at radius 2 is 1.82 bits per heavy atom.